The Hall–Kier alpha value is -0.570. The first kappa shape index (κ1) is 13.9. The van der Waals surface area contributed by atoms with E-state index in [0.29, 0.717) is 11.8 Å². The third kappa shape index (κ3) is 3.71. The maximum absolute atomic E-state index is 12.1. The standard InChI is InChI=1S/C15H28N2O/c1-11-7-14(9-16-8-11)15(18)17-10-13-6-4-3-5-12(13)2/h11-14,16H,3-10H2,1-2H3,(H,17,18). The van der Waals surface area contributed by atoms with Crippen LogP contribution in [0, 0.1) is 23.7 Å². The van der Waals surface area contributed by atoms with Crippen molar-refractivity contribution in [2.45, 2.75) is 46.0 Å². The molecule has 1 heterocycles. The second kappa shape index (κ2) is 6.55. The summed E-state index contributed by atoms with van der Waals surface area (Å²) in [5.74, 6) is 2.57. The summed E-state index contributed by atoms with van der Waals surface area (Å²) in [5, 5.41) is 6.55. The fourth-order valence-corrected chi connectivity index (χ4v) is 3.43. The zero-order valence-corrected chi connectivity index (χ0v) is 11.9. The molecule has 18 heavy (non-hydrogen) atoms. The quantitative estimate of drug-likeness (QED) is 0.808. The molecule has 0 aromatic heterocycles. The van der Waals surface area contributed by atoms with Crippen molar-refractivity contribution in [1.29, 1.82) is 0 Å². The Morgan fingerprint density at radius 2 is 2.00 bits per heavy atom. The topological polar surface area (TPSA) is 41.1 Å². The minimum atomic E-state index is 0.188. The van der Waals surface area contributed by atoms with Gasteiger partial charge in [-0.15, -0.1) is 0 Å². The van der Waals surface area contributed by atoms with E-state index in [0.717, 1.165) is 32.0 Å². The van der Waals surface area contributed by atoms with Crippen LogP contribution in [-0.2, 0) is 4.79 Å². The van der Waals surface area contributed by atoms with E-state index >= 15 is 0 Å². The molecule has 3 heteroatoms. The fraction of sp³-hybridized carbons (Fsp3) is 0.933. The molecule has 1 saturated carbocycles. The van der Waals surface area contributed by atoms with Crippen molar-refractivity contribution in [2.24, 2.45) is 23.7 Å². The summed E-state index contributed by atoms with van der Waals surface area (Å²) >= 11 is 0. The SMILES string of the molecule is CC1CNCC(C(=O)NCC2CCCCC2C)C1. The maximum Gasteiger partial charge on any atom is 0.224 e. The maximum atomic E-state index is 12.1. The van der Waals surface area contributed by atoms with Gasteiger partial charge in [-0.2, -0.15) is 0 Å². The lowest BCUT2D eigenvalue weighted by Gasteiger charge is -2.31. The smallest absolute Gasteiger partial charge is 0.224 e. The molecule has 0 bridgehead atoms. The number of hydrogen-bond acceptors (Lipinski definition) is 2. The number of rotatable bonds is 3. The highest BCUT2D eigenvalue weighted by Crippen LogP contribution is 2.29. The number of amides is 1. The molecule has 1 amide bonds. The Balaban J connectivity index is 1.73. The van der Waals surface area contributed by atoms with Crippen LogP contribution in [-0.4, -0.2) is 25.5 Å². The van der Waals surface area contributed by atoms with Crippen LogP contribution in [0.5, 0.6) is 0 Å². The van der Waals surface area contributed by atoms with Gasteiger partial charge >= 0.3 is 0 Å². The summed E-state index contributed by atoms with van der Waals surface area (Å²) < 4.78 is 0. The van der Waals surface area contributed by atoms with E-state index in [1.807, 2.05) is 0 Å². The molecule has 0 aromatic carbocycles. The first-order valence-corrected chi connectivity index (χ1v) is 7.65. The zero-order valence-electron chi connectivity index (χ0n) is 11.9. The monoisotopic (exact) mass is 252 g/mol. The van der Waals surface area contributed by atoms with Gasteiger partial charge in [-0.3, -0.25) is 4.79 Å². The number of piperidine rings is 1. The van der Waals surface area contributed by atoms with E-state index in [1.165, 1.54) is 25.7 Å². The molecule has 2 fully saturated rings. The molecule has 0 aromatic rings. The molecule has 1 aliphatic heterocycles. The predicted octanol–water partition coefficient (Wildman–Crippen LogP) is 2.17. The van der Waals surface area contributed by atoms with Gasteiger partial charge in [0, 0.05) is 13.1 Å². The number of carbonyl (C=O) groups excluding carboxylic acids is 1. The van der Waals surface area contributed by atoms with Crippen LogP contribution in [0.25, 0.3) is 0 Å². The highest BCUT2D eigenvalue weighted by molar-refractivity contribution is 5.79. The molecule has 104 valence electrons. The van der Waals surface area contributed by atoms with Crippen LogP contribution in [0.4, 0.5) is 0 Å². The van der Waals surface area contributed by atoms with Gasteiger partial charge in [-0.25, -0.2) is 0 Å². The Bertz CT molecular complexity index is 280. The molecule has 4 atom stereocenters. The lowest BCUT2D eigenvalue weighted by molar-refractivity contribution is -0.126. The number of nitrogens with one attached hydrogen (secondary N) is 2. The third-order valence-electron chi connectivity index (χ3n) is 4.77. The van der Waals surface area contributed by atoms with Gasteiger partial charge in [0.2, 0.25) is 5.91 Å². The lowest BCUT2D eigenvalue weighted by atomic mass is 9.80. The Morgan fingerprint density at radius 1 is 1.22 bits per heavy atom. The van der Waals surface area contributed by atoms with Crippen LogP contribution in [0.2, 0.25) is 0 Å². The third-order valence-corrected chi connectivity index (χ3v) is 4.77. The Labute approximate surface area is 111 Å². The van der Waals surface area contributed by atoms with Crippen LogP contribution >= 0.6 is 0 Å². The molecule has 0 radical (unpaired) electrons. The summed E-state index contributed by atoms with van der Waals surface area (Å²) in [6.07, 6.45) is 6.38. The molecule has 3 nitrogen and oxygen atoms in total. The molecule has 2 N–H and O–H groups in total. The van der Waals surface area contributed by atoms with Crippen LogP contribution in [0.15, 0.2) is 0 Å². The van der Waals surface area contributed by atoms with E-state index in [4.69, 9.17) is 0 Å². The Kier molecular flexibility index (Phi) is 5.04. The molecular weight excluding hydrogens is 224 g/mol. The van der Waals surface area contributed by atoms with Crippen molar-refractivity contribution < 1.29 is 4.79 Å². The minimum Gasteiger partial charge on any atom is -0.356 e. The van der Waals surface area contributed by atoms with Crippen molar-refractivity contribution >= 4 is 5.91 Å². The lowest BCUT2D eigenvalue weighted by Crippen LogP contribution is -2.45. The average molecular weight is 252 g/mol. The van der Waals surface area contributed by atoms with Crippen LogP contribution in [0.1, 0.15) is 46.0 Å². The van der Waals surface area contributed by atoms with E-state index in [2.05, 4.69) is 24.5 Å². The largest absolute Gasteiger partial charge is 0.356 e. The Morgan fingerprint density at radius 3 is 2.72 bits per heavy atom. The van der Waals surface area contributed by atoms with Crippen molar-refractivity contribution in [3.63, 3.8) is 0 Å². The molecule has 2 aliphatic rings. The van der Waals surface area contributed by atoms with E-state index in [1.54, 1.807) is 0 Å². The summed E-state index contributed by atoms with van der Waals surface area (Å²) in [4.78, 5) is 12.1. The van der Waals surface area contributed by atoms with Gasteiger partial charge in [-0.1, -0.05) is 33.1 Å². The molecule has 4 unspecified atom stereocenters. The zero-order chi connectivity index (χ0) is 13.0. The first-order valence-electron chi connectivity index (χ1n) is 7.65. The first-order chi connectivity index (χ1) is 8.66. The predicted molar refractivity (Wildman–Crippen MR) is 74.3 cm³/mol. The highest BCUT2D eigenvalue weighted by Gasteiger charge is 2.26. The normalized spacial score (nSPS) is 37.2. The van der Waals surface area contributed by atoms with Gasteiger partial charge in [-0.05, 0) is 37.1 Å². The summed E-state index contributed by atoms with van der Waals surface area (Å²) in [6.45, 7) is 7.36. The second-order valence-corrected chi connectivity index (χ2v) is 6.46. The number of hydrogen-bond donors (Lipinski definition) is 2. The van der Waals surface area contributed by atoms with Gasteiger partial charge in [0.25, 0.3) is 0 Å². The van der Waals surface area contributed by atoms with Crippen molar-refractivity contribution in [1.82, 2.24) is 10.6 Å². The summed E-state index contributed by atoms with van der Waals surface area (Å²) in [6, 6.07) is 0. The second-order valence-electron chi connectivity index (χ2n) is 6.46. The van der Waals surface area contributed by atoms with Gasteiger partial charge in [0.05, 0.1) is 5.92 Å². The van der Waals surface area contributed by atoms with E-state index in [9.17, 15) is 4.79 Å². The minimum absolute atomic E-state index is 0.188. The fourth-order valence-electron chi connectivity index (χ4n) is 3.43. The molecule has 2 rings (SSSR count). The molecule has 1 aliphatic carbocycles. The van der Waals surface area contributed by atoms with Crippen LogP contribution < -0.4 is 10.6 Å². The van der Waals surface area contributed by atoms with Crippen molar-refractivity contribution in [2.75, 3.05) is 19.6 Å². The van der Waals surface area contributed by atoms with Gasteiger partial charge in [0.15, 0.2) is 0 Å². The summed E-state index contributed by atoms with van der Waals surface area (Å²) in [7, 11) is 0. The molecule has 0 spiro atoms. The van der Waals surface area contributed by atoms with Gasteiger partial charge < -0.3 is 10.6 Å². The van der Waals surface area contributed by atoms with E-state index < -0.39 is 0 Å². The van der Waals surface area contributed by atoms with Crippen molar-refractivity contribution in [3.05, 3.63) is 0 Å². The molecular formula is C15H28N2O. The van der Waals surface area contributed by atoms with E-state index in [-0.39, 0.29) is 11.8 Å². The molecule has 1 saturated heterocycles. The van der Waals surface area contributed by atoms with Crippen molar-refractivity contribution in [3.8, 4) is 0 Å². The number of carbonyl (C=O) groups is 1. The highest BCUT2D eigenvalue weighted by atomic mass is 16.1. The summed E-state index contributed by atoms with van der Waals surface area (Å²) in [5.41, 5.74) is 0. The van der Waals surface area contributed by atoms with Crippen LogP contribution in [0.3, 0.4) is 0 Å². The average Bonchev–Trinajstić information content (AvgIpc) is 2.37. The van der Waals surface area contributed by atoms with Gasteiger partial charge in [0.1, 0.15) is 0 Å².